The van der Waals surface area contributed by atoms with Gasteiger partial charge in [0, 0.05) is 3.92 Å². The van der Waals surface area contributed by atoms with Gasteiger partial charge in [-0.3, -0.25) is 0 Å². The third-order valence-corrected chi connectivity index (χ3v) is 6.56. The quantitative estimate of drug-likeness (QED) is 0.306. The number of methoxy groups -OCH3 is 1. The van der Waals surface area contributed by atoms with E-state index in [0.717, 1.165) is 35.5 Å². The molecule has 24 heavy (non-hydrogen) atoms. The molecule has 136 valence electrons. The molecule has 1 atom stereocenters. The molecule has 0 saturated heterocycles. The number of ether oxygens (including phenoxy) is 1. The summed E-state index contributed by atoms with van der Waals surface area (Å²) in [5, 5.41) is 0. The summed E-state index contributed by atoms with van der Waals surface area (Å²) < 4.78 is 33.8. The van der Waals surface area contributed by atoms with Crippen molar-refractivity contribution in [1.29, 1.82) is 0 Å². The normalized spacial score (nSPS) is 22.4. The van der Waals surface area contributed by atoms with E-state index in [9.17, 15) is 8.78 Å². The largest absolute Gasteiger partial charge is 0.494 e. The second-order valence-electron chi connectivity index (χ2n) is 7.02. The molecule has 1 aliphatic rings. The van der Waals surface area contributed by atoms with Crippen molar-refractivity contribution in [3.8, 4) is 5.75 Å². The molecule has 2 rings (SSSR count). The highest BCUT2D eigenvalue weighted by Crippen LogP contribution is 2.40. The fraction of sp³-hybridized carbons (Fsp3) is 0.700. The van der Waals surface area contributed by atoms with Gasteiger partial charge in [-0.15, -0.1) is 0 Å². The fourth-order valence-corrected chi connectivity index (χ4v) is 4.93. The molecule has 0 aliphatic heterocycles. The molecule has 0 heterocycles. The smallest absolute Gasteiger partial charge is 0.200 e. The maximum absolute atomic E-state index is 14.2. The first kappa shape index (κ1) is 19.9. The lowest BCUT2D eigenvalue weighted by Gasteiger charge is -2.29. The first-order valence-corrected chi connectivity index (χ1v) is 10.5. The molecule has 1 aliphatic carbocycles. The lowest BCUT2D eigenvalue weighted by molar-refractivity contribution is 0.296. The van der Waals surface area contributed by atoms with Gasteiger partial charge in [-0.25, -0.2) is 4.39 Å². The van der Waals surface area contributed by atoms with Gasteiger partial charge >= 0.3 is 0 Å². The maximum atomic E-state index is 14.2. The Morgan fingerprint density at radius 1 is 1.12 bits per heavy atom. The highest BCUT2D eigenvalue weighted by Gasteiger charge is 2.26. The molecule has 0 radical (unpaired) electrons. The third kappa shape index (κ3) is 5.30. The Morgan fingerprint density at radius 3 is 2.46 bits per heavy atom. The monoisotopic (exact) mass is 450 g/mol. The predicted octanol–water partition coefficient (Wildman–Crippen LogP) is 7.02. The summed E-state index contributed by atoms with van der Waals surface area (Å²) in [7, 11) is 1.36. The second kappa shape index (κ2) is 9.93. The zero-order chi connectivity index (χ0) is 17.5. The molecule has 1 aromatic carbocycles. The van der Waals surface area contributed by atoms with Crippen molar-refractivity contribution < 1.29 is 13.5 Å². The molecule has 1 saturated carbocycles. The van der Waals surface area contributed by atoms with Gasteiger partial charge in [0.1, 0.15) is 0 Å². The van der Waals surface area contributed by atoms with Crippen LogP contribution in [0.15, 0.2) is 12.1 Å². The van der Waals surface area contributed by atoms with Crippen LogP contribution in [0.4, 0.5) is 8.78 Å². The van der Waals surface area contributed by atoms with E-state index in [1.54, 1.807) is 12.1 Å². The van der Waals surface area contributed by atoms with Gasteiger partial charge in [0.25, 0.3) is 0 Å². The first-order chi connectivity index (χ1) is 11.6. The fourth-order valence-electron chi connectivity index (χ4n) is 3.87. The van der Waals surface area contributed by atoms with Crippen molar-refractivity contribution in [2.75, 3.05) is 7.11 Å². The van der Waals surface area contributed by atoms with E-state index in [1.807, 2.05) is 0 Å². The maximum Gasteiger partial charge on any atom is 0.200 e. The van der Waals surface area contributed by atoms with E-state index in [2.05, 4.69) is 29.5 Å². The van der Waals surface area contributed by atoms with Crippen LogP contribution in [0.25, 0.3) is 0 Å². The first-order valence-electron chi connectivity index (χ1n) is 9.22. The Morgan fingerprint density at radius 2 is 1.83 bits per heavy atom. The molecule has 0 bridgehead atoms. The van der Waals surface area contributed by atoms with E-state index < -0.39 is 11.6 Å². The molecule has 1 nitrogen and oxygen atoms in total. The number of hydrogen-bond donors (Lipinski definition) is 0. The zero-order valence-corrected chi connectivity index (χ0v) is 17.0. The Labute approximate surface area is 158 Å². The zero-order valence-electron chi connectivity index (χ0n) is 14.8. The molecule has 4 heteroatoms. The van der Waals surface area contributed by atoms with Crippen molar-refractivity contribution >= 4 is 22.6 Å². The number of rotatable bonds is 8. The SMILES string of the molecule is CCCC(I)CCCC1CCC(c2ccc(OC)c(F)c2F)CC1. The Kier molecular flexibility index (Phi) is 8.24. The average Bonchev–Trinajstić information content (AvgIpc) is 2.58. The Bertz CT molecular complexity index is 513. The van der Waals surface area contributed by atoms with Crippen molar-refractivity contribution in [1.82, 2.24) is 0 Å². The molecule has 0 N–H and O–H groups in total. The standard InChI is InChI=1S/C20H29F2IO/c1-3-5-16(23)7-4-6-14-8-10-15(11-9-14)17-12-13-18(24-2)20(22)19(17)21/h12-16H,3-11H2,1-2H3. The molecule has 1 aromatic rings. The summed E-state index contributed by atoms with van der Waals surface area (Å²) in [5.41, 5.74) is 0.530. The summed E-state index contributed by atoms with van der Waals surface area (Å²) in [5.74, 6) is -0.659. The number of hydrogen-bond acceptors (Lipinski definition) is 1. The lowest BCUT2D eigenvalue weighted by Crippen LogP contribution is -2.15. The highest BCUT2D eigenvalue weighted by atomic mass is 127. The summed E-state index contributed by atoms with van der Waals surface area (Å²) in [6.07, 6.45) is 10.7. The van der Waals surface area contributed by atoms with Crippen LogP contribution in [0.5, 0.6) is 5.75 Å². The Balaban J connectivity index is 1.82. The van der Waals surface area contributed by atoms with Crippen LogP contribution in [0, 0.1) is 17.6 Å². The molecular weight excluding hydrogens is 421 g/mol. The van der Waals surface area contributed by atoms with Crippen LogP contribution in [-0.4, -0.2) is 11.0 Å². The van der Waals surface area contributed by atoms with E-state index >= 15 is 0 Å². The minimum absolute atomic E-state index is 0.00892. The lowest BCUT2D eigenvalue weighted by atomic mass is 9.77. The van der Waals surface area contributed by atoms with Crippen molar-refractivity contribution in [2.24, 2.45) is 5.92 Å². The molecule has 0 aromatic heterocycles. The third-order valence-electron chi connectivity index (χ3n) is 5.31. The predicted molar refractivity (Wildman–Crippen MR) is 104 cm³/mol. The molecular formula is C20H29F2IO. The topological polar surface area (TPSA) is 9.23 Å². The van der Waals surface area contributed by atoms with Crippen LogP contribution >= 0.6 is 22.6 Å². The van der Waals surface area contributed by atoms with Gasteiger partial charge in [-0.05, 0) is 62.0 Å². The minimum Gasteiger partial charge on any atom is -0.494 e. The van der Waals surface area contributed by atoms with E-state index in [4.69, 9.17) is 4.74 Å². The van der Waals surface area contributed by atoms with Crippen LogP contribution in [0.2, 0.25) is 0 Å². The number of benzene rings is 1. The molecule has 1 fully saturated rings. The molecule has 1 unspecified atom stereocenters. The molecule has 0 spiro atoms. The summed E-state index contributed by atoms with van der Waals surface area (Å²) in [6.45, 7) is 2.24. The minimum atomic E-state index is -0.846. The van der Waals surface area contributed by atoms with Crippen molar-refractivity contribution in [2.45, 2.75) is 74.6 Å². The molecule has 0 amide bonds. The van der Waals surface area contributed by atoms with Crippen LogP contribution in [0.1, 0.15) is 76.2 Å². The van der Waals surface area contributed by atoms with Gasteiger partial charge in [0.2, 0.25) is 5.82 Å². The van der Waals surface area contributed by atoms with Gasteiger partial charge in [0.15, 0.2) is 11.6 Å². The summed E-state index contributed by atoms with van der Waals surface area (Å²) >= 11 is 2.57. The Hall–Kier alpha value is -0.390. The number of halogens is 3. The van der Waals surface area contributed by atoms with E-state index in [1.165, 1.54) is 39.2 Å². The van der Waals surface area contributed by atoms with Crippen LogP contribution < -0.4 is 4.74 Å². The average molecular weight is 450 g/mol. The second-order valence-corrected chi connectivity index (χ2v) is 8.78. The van der Waals surface area contributed by atoms with E-state index in [0.29, 0.717) is 5.56 Å². The highest BCUT2D eigenvalue weighted by molar-refractivity contribution is 14.1. The van der Waals surface area contributed by atoms with Gasteiger partial charge in [-0.2, -0.15) is 4.39 Å². The van der Waals surface area contributed by atoms with Crippen LogP contribution in [0.3, 0.4) is 0 Å². The van der Waals surface area contributed by atoms with Gasteiger partial charge in [-0.1, -0.05) is 54.8 Å². The van der Waals surface area contributed by atoms with Crippen molar-refractivity contribution in [3.05, 3.63) is 29.3 Å². The summed E-state index contributed by atoms with van der Waals surface area (Å²) in [6, 6.07) is 3.25. The number of alkyl halides is 1. The van der Waals surface area contributed by atoms with Gasteiger partial charge in [0.05, 0.1) is 7.11 Å². The van der Waals surface area contributed by atoms with Crippen LogP contribution in [-0.2, 0) is 0 Å². The van der Waals surface area contributed by atoms with E-state index in [-0.39, 0.29) is 11.7 Å². The van der Waals surface area contributed by atoms with Gasteiger partial charge < -0.3 is 4.74 Å². The van der Waals surface area contributed by atoms with Crippen molar-refractivity contribution in [3.63, 3.8) is 0 Å². The summed E-state index contributed by atoms with van der Waals surface area (Å²) in [4.78, 5) is 0.